The number of nitriles is 1. The summed E-state index contributed by atoms with van der Waals surface area (Å²) < 4.78 is 5.14. The number of carbonyl (C=O) groups excluding carboxylic acids is 1. The quantitative estimate of drug-likeness (QED) is 0.303. The van der Waals surface area contributed by atoms with Gasteiger partial charge in [0.2, 0.25) is 5.96 Å². The minimum atomic E-state index is -0.153. The second-order valence-electron chi connectivity index (χ2n) is 7.76. The van der Waals surface area contributed by atoms with Crippen LogP contribution in [0.3, 0.4) is 0 Å². The molecule has 1 amide bonds. The van der Waals surface area contributed by atoms with Gasteiger partial charge in [0.15, 0.2) is 6.19 Å². The molecule has 0 radical (unpaired) electrons. The first-order chi connectivity index (χ1) is 14.5. The SMILES string of the molecule is CN=C(NC#N)NC1CCC(CNC(=O)c2c(C)noc2C)(c2ccccc2)CC1. The van der Waals surface area contributed by atoms with Crippen molar-refractivity contribution >= 4 is 11.9 Å². The summed E-state index contributed by atoms with van der Waals surface area (Å²) in [6, 6.07) is 10.6. The Kier molecular flexibility index (Phi) is 6.72. The summed E-state index contributed by atoms with van der Waals surface area (Å²) in [6.07, 6.45) is 5.52. The Morgan fingerprint density at radius 1 is 1.30 bits per heavy atom. The molecule has 1 heterocycles. The lowest BCUT2D eigenvalue weighted by Crippen LogP contribution is -2.49. The highest BCUT2D eigenvalue weighted by atomic mass is 16.5. The van der Waals surface area contributed by atoms with Crippen molar-refractivity contribution in [1.29, 1.82) is 5.26 Å². The molecule has 1 aliphatic rings. The Hall–Kier alpha value is -3.34. The highest BCUT2D eigenvalue weighted by molar-refractivity contribution is 5.96. The number of aliphatic imine (C=N–C) groups is 1. The van der Waals surface area contributed by atoms with E-state index in [1.807, 2.05) is 24.4 Å². The molecular formula is C22H28N6O2. The molecule has 1 fully saturated rings. The summed E-state index contributed by atoms with van der Waals surface area (Å²) in [6.45, 7) is 4.07. The number of rotatable bonds is 5. The van der Waals surface area contributed by atoms with Crippen molar-refractivity contribution in [2.24, 2.45) is 4.99 Å². The van der Waals surface area contributed by atoms with Crippen LogP contribution in [-0.2, 0) is 5.41 Å². The van der Waals surface area contributed by atoms with E-state index in [4.69, 9.17) is 9.78 Å². The monoisotopic (exact) mass is 408 g/mol. The molecule has 8 heteroatoms. The first-order valence-corrected chi connectivity index (χ1v) is 10.1. The molecule has 3 rings (SSSR count). The van der Waals surface area contributed by atoms with Gasteiger partial charge in [-0.05, 0) is 45.1 Å². The number of amides is 1. The standard InChI is InChI=1S/C22H28N6O2/c1-15-19(16(2)30-28-15)20(29)25-13-22(17-7-5-4-6-8-17)11-9-18(10-12-22)27-21(24-3)26-14-23/h4-8,18H,9-13H2,1-3H3,(H,25,29)(H2,24,26,27). The maximum atomic E-state index is 12.8. The molecule has 0 saturated heterocycles. The minimum absolute atomic E-state index is 0.152. The molecule has 1 saturated carbocycles. The lowest BCUT2D eigenvalue weighted by molar-refractivity contribution is 0.0933. The average molecular weight is 409 g/mol. The average Bonchev–Trinajstić information content (AvgIpc) is 3.11. The normalized spacial score (nSPS) is 21.5. The Bertz CT molecular complexity index is 917. The lowest BCUT2D eigenvalue weighted by atomic mass is 9.68. The topological polar surface area (TPSA) is 115 Å². The largest absolute Gasteiger partial charge is 0.361 e. The van der Waals surface area contributed by atoms with Crippen LogP contribution in [0.25, 0.3) is 0 Å². The van der Waals surface area contributed by atoms with Gasteiger partial charge in [-0.2, -0.15) is 5.26 Å². The number of hydrogen-bond donors (Lipinski definition) is 3. The smallest absolute Gasteiger partial charge is 0.256 e. The predicted octanol–water partition coefficient (Wildman–Crippen LogP) is 2.55. The number of benzene rings is 1. The molecule has 0 aliphatic heterocycles. The van der Waals surface area contributed by atoms with Crippen LogP contribution in [0.4, 0.5) is 0 Å². The van der Waals surface area contributed by atoms with E-state index in [-0.39, 0.29) is 17.4 Å². The summed E-state index contributed by atoms with van der Waals surface area (Å²) >= 11 is 0. The molecule has 0 atom stereocenters. The Balaban J connectivity index is 1.73. The van der Waals surface area contributed by atoms with Gasteiger partial charge in [-0.25, -0.2) is 0 Å². The van der Waals surface area contributed by atoms with E-state index in [0.29, 0.717) is 29.5 Å². The van der Waals surface area contributed by atoms with Gasteiger partial charge in [0, 0.05) is 25.0 Å². The van der Waals surface area contributed by atoms with Crippen molar-refractivity contribution in [3.8, 4) is 6.19 Å². The highest BCUT2D eigenvalue weighted by Crippen LogP contribution is 2.39. The number of aryl methyl sites for hydroxylation is 2. The third-order valence-electron chi connectivity index (χ3n) is 5.92. The third-order valence-corrected chi connectivity index (χ3v) is 5.92. The molecule has 1 aliphatic carbocycles. The Labute approximate surface area is 176 Å². The molecule has 0 spiro atoms. The van der Waals surface area contributed by atoms with Gasteiger partial charge in [0.1, 0.15) is 11.3 Å². The summed E-state index contributed by atoms with van der Waals surface area (Å²) in [5.74, 6) is 0.866. The van der Waals surface area contributed by atoms with E-state index in [9.17, 15) is 4.79 Å². The van der Waals surface area contributed by atoms with E-state index in [0.717, 1.165) is 25.7 Å². The highest BCUT2D eigenvalue weighted by Gasteiger charge is 2.37. The van der Waals surface area contributed by atoms with Crippen LogP contribution in [-0.4, -0.2) is 36.7 Å². The third kappa shape index (κ3) is 4.62. The maximum Gasteiger partial charge on any atom is 0.256 e. The van der Waals surface area contributed by atoms with Crippen LogP contribution in [0, 0.1) is 25.3 Å². The first-order valence-electron chi connectivity index (χ1n) is 10.1. The number of hydrogen-bond acceptors (Lipinski definition) is 5. The fourth-order valence-electron chi connectivity index (χ4n) is 4.22. The van der Waals surface area contributed by atoms with Crippen molar-refractivity contribution in [1.82, 2.24) is 21.1 Å². The van der Waals surface area contributed by atoms with Crippen molar-refractivity contribution in [2.75, 3.05) is 13.6 Å². The number of carbonyl (C=O) groups is 1. The molecule has 0 bridgehead atoms. The zero-order valence-corrected chi connectivity index (χ0v) is 17.7. The minimum Gasteiger partial charge on any atom is -0.361 e. The fourth-order valence-corrected chi connectivity index (χ4v) is 4.22. The molecular weight excluding hydrogens is 380 g/mol. The van der Waals surface area contributed by atoms with Gasteiger partial charge < -0.3 is 15.2 Å². The molecule has 3 N–H and O–H groups in total. The van der Waals surface area contributed by atoms with Gasteiger partial charge in [0.25, 0.3) is 5.91 Å². The molecule has 0 unspecified atom stereocenters. The molecule has 1 aromatic heterocycles. The van der Waals surface area contributed by atoms with Gasteiger partial charge in [-0.1, -0.05) is 35.5 Å². The van der Waals surface area contributed by atoms with Crippen LogP contribution in [0.5, 0.6) is 0 Å². The van der Waals surface area contributed by atoms with Crippen molar-refractivity contribution in [2.45, 2.75) is 51.0 Å². The Morgan fingerprint density at radius 3 is 2.57 bits per heavy atom. The van der Waals surface area contributed by atoms with Crippen molar-refractivity contribution < 1.29 is 9.32 Å². The summed E-state index contributed by atoms with van der Waals surface area (Å²) in [7, 11) is 1.65. The van der Waals surface area contributed by atoms with Gasteiger partial charge in [-0.3, -0.25) is 15.1 Å². The van der Waals surface area contributed by atoms with E-state index in [2.05, 4.69) is 38.2 Å². The zero-order chi connectivity index (χ0) is 21.6. The van der Waals surface area contributed by atoms with Crippen molar-refractivity contribution in [3.63, 3.8) is 0 Å². The lowest BCUT2D eigenvalue weighted by Gasteiger charge is -2.41. The molecule has 158 valence electrons. The second-order valence-corrected chi connectivity index (χ2v) is 7.76. The van der Waals surface area contributed by atoms with Crippen LogP contribution in [0.2, 0.25) is 0 Å². The van der Waals surface area contributed by atoms with Gasteiger partial charge in [-0.15, -0.1) is 0 Å². The van der Waals surface area contributed by atoms with E-state index >= 15 is 0 Å². The summed E-state index contributed by atoms with van der Waals surface area (Å²) in [5.41, 5.74) is 2.19. The van der Waals surface area contributed by atoms with Gasteiger partial charge in [0.05, 0.1) is 5.69 Å². The second kappa shape index (κ2) is 9.44. The van der Waals surface area contributed by atoms with E-state index in [1.165, 1.54) is 5.56 Å². The Morgan fingerprint density at radius 2 is 2.00 bits per heavy atom. The van der Waals surface area contributed by atoms with Gasteiger partial charge >= 0.3 is 0 Å². The molecule has 8 nitrogen and oxygen atoms in total. The summed E-state index contributed by atoms with van der Waals surface area (Å²) in [4.78, 5) is 16.9. The van der Waals surface area contributed by atoms with Crippen LogP contribution in [0.15, 0.2) is 39.8 Å². The van der Waals surface area contributed by atoms with E-state index in [1.54, 1.807) is 20.9 Å². The zero-order valence-electron chi connectivity index (χ0n) is 17.7. The van der Waals surface area contributed by atoms with Crippen LogP contribution < -0.4 is 16.0 Å². The predicted molar refractivity (Wildman–Crippen MR) is 114 cm³/mol. The van der Waals surface area contributed by atoms with E-state index < -0.39 is 0 Å². The number of nitrogens with one attached hydrogen (secondary N) is 3. The molecule has 1 aromatic carbocycles. The maximum absolute atomic E-state index is 12.8. The molecule has 30 heavy (non-hydrogen) atoms. The number of aromatic nitrogens is 1. The van der Waals surface area contributed by atoms with Crippen molar-refractivity contribution in [3.05, 3.63) is 52.9 Å². The number of nitrogens with zero attached hydrogens (tertiary/aromatic N) is 3. The summed E-state index contributed by atoms with van der Waals surface area (Å²) in [5, 5.41) is 21.7. The van der Waals surface area contributed by atoms with Crippen LogP contribution in [0.1, 0.15) is 53.1 Å². The molecule has 2 aromatic rings. The van der Waals surface area contributed by atoms with Crippen LogP contribution >= 0.6 is 0 Å². The fraction of sp³-hybridized carbons (Fsp3) is 0.455. The first kappa shape index (κ1) is 21.4. The number of guanidine groups is 1.